The minimum Gasteiger partial charge on any atom is -0.384 e. The van der Waals surface area contributed by atoms with E-state index in [0.717, 1.165) is 24.2 Å². The van der Waals surface area contributed by atoms with E-state index in [-0.39, 0.29) is 5.82 Å². The smallest absolute Gasteiger partial charge is 0.162 e. The van der Waals surface area contributed by atoms with Gasteiger partial charge in [0, 0.05) is 35.1 Å². The van der Waals surface area contributed by atoms with Crippen LogP contribution in [0, 0.1) is 5.82 Å². The van der Waals surface area contributed by atoms with Crippen LogP contribution in [0.2, 0.25) is 0 Å². The molecule has 5 rings (SSSR count). The molecule has 0 amide bonds. The highest BCUT2D eigenvalue weighted by Crippen LogP contribution is 2.32. The number of hydrogen-bond donors (Lipinski definition) is 4. The van der Waals surface area contributed by atoms with Gasteiger partial charge in [0.1, 0.15) is 23.8 Å². The Labute approximate surface area is 194 Å². The van der Waals surface area contributed by atoms with Crippen LogP contribution < -0.4 is 16.0 Å². The van der Waals surface area contributed by atoms with Crippen molar-refractivity contribution in [1.82, 2.24) is 25.5 Å². The van der Waals surface area contributed by atoms with Crippen LogP contribution in [0.15, 0.2) is 60.7 Å². The summed E-state index contributed by atoms with van der Waals surface area (Å²) >= 11 is 0. The van der Waals surface area contributed by atoms with Gasteiger partial charge in [-0.15, -0.1) is 0 Å². The zero-order valence-electron chi connectivity index (χ0n) is 18.5. The van der Waals surface area contributed by atoms with Gasteiger partial charge in [-0.25, -0.2) is 18.7 Å². The van der Waals surface area contributed by atoms with E-state index in [1.165, 1.54) is 6.07 Å². The first kappa shape index (κ1) is 21.7. The van der Waals surface area contributed by atoms with E-state index < -0.39 is 6.67 Å². The molecule has 0 aliphatic carbocycles. The number of fused-ring (bicyclic) bond motifs is 2. The lowest BCUT2D eigenvalue weighted by atomic mass is 10.1. The zero-order valence-corrected chi connectivity index (χ0v) is 18.5. The summed E-state index contributed by atoms with van der Waals surface area (Å²) in [5.74, 6) is 0.931. The van der Waals surface area contributed by atoms with Crippen molar-refractivity contribution >= 4 is 39.1 Å². The van der Waals surface area contributed by atoms with Gasteiger partial charge < -0.3 is 16.0 Å². The fourth-order valence-corrected chi connectivity index (χ4v) is 3.86. The molecule has 3 aromatic carbocycles. The van der Waals surface area contributed by atoms with Crippen molar-refractivity contribution in [3.63, 3.8) is 0 Å². The van der Waals surface area contributed by atoms with Crippen LogP contribution in [0.4, 0.5) is 26.1 Å². The average Bonchev–Trinajstić information content (AvgIpc) is 3.28. The normalized spacial score (nSPS) is 11.3. The Hall–Kier alpha value is -4.11. The quantitative estimate of drug-likeness (QED) is 0.240. The van der Waals surface area contributed by atoms with Crippen LogP contribution in [0.5, 0.6) is 0 Å². The highest BCUT2D eigenvalue weighted by molar-refractivity contribution is 5.98. The summed E-state index contributed by atoms with van der Waals surface area (Å²) in [5.41, 5.74) is 3.02. The molecular weight excluding hydrogens is 436 g/mol. The summed E-state index contributed by atoms with van der Waals surface area (Å²) in [7, 11) is 1.89. The largest absolute Gasteiger partial charge is 0.384 e. The van der Waals surface area contributed by atoms with Crippen LogP contribution in [0.1, 0.15) is 5.56 Å². The molecule has 0 saturated carbocycles. The maximum absolute atomic E-state index is 14.2. The first-order chi connectivity index (χ1) is 16.7. The second-order valence-corrected chi connectivity index (χ2v) is 7.81. The molecular formula is C25H23F2N7. The molecule has 0 spiro atoms. The Morgan fingerprint density at radius 1 is 0.912 bits per heavy atom. The van der Waals surface area contributed by atoms with Crippen molar-refractivity contribution in [2.75, 3.05) is 30.8 Å². The molecule has 0 aliphatic heterocycles. The first-order valence-electron chi connectivity index (χ1n) is 10.9. The number of benzene rings is 3. The lowest BCUT2D eigenvalue weighted by Crippen LogP contribution is -2.17. The Morgan fingerprint density at radius 2 is 1.79 bits per heavy atom. The van der Waals surface area contributed by atoms with E-state index in [1.54, 1.807) is 30.3 Å². The van der Waals surface area contributed by atoms with E-state index in [4.69, 9.17) is 9.97 Å². The number of H-pyrrole nitrogens is 1. The number of anilines is 3. The van der Waals surface area contributed by atoms with Crippen LogP contribution in [0.3, 0.4) is 0 Å². The van der Waals surface area contributed by atoms with Gasteiger partial charge in [0.15, 0.2) is 11.6 Å². The summed E-state index contributed by atoms with van der Waals surface area (Å²) in [6, 6.07) is 17.7. The molecule has 0 fully saturated rings. The number of para-hydroxylation sites is 1. The van der Waals surface area contributed by atoms with Crippen LogP contribution >= 0.6 is 0 Å². The van der Waals surface area contributed by atoms with E-state index in [9.17, 15) is 8.78 Å². The number of alkyl halides is 1. The lowest BCUT2D eigenvalue weighted by Gasteiger charge is -2.13. The van der Waals surface area contributed by atoms with Crippen molar-refractivity contribution in [1.29, 1.82) is 0 Å². The first-order valence-corrected chi connectivity index (χ1v) is 10.9. The fourth-order valence-electron chi connectivity index (χ4n) is 3.86. The molecule has 2 aromatic heterocycles. The number of likely N-dealkylation sites (N-methyl/N-ethyl adjacent to an activating group) is 1. The molecule has 0 radical (unpaired) electrons. The monoisotopic (exact) mass is 459 g/mol. The van der Waals surface area contributed by atoms with E-state index >= 15 is 0 Å². The number of aromatic amines is 1. The molecule has 0 atom stereocenters. The summed E-state index contributed by atoms with van der Waals surface area (Å²) in [4.78, 5) is 9.46. The molecule has 4 N–H and O–H groups in total. The third kappa shape index (κ3) is 4.13. The third-order valence-corrected chi connectivity index (χ3v) is 5.59. The summed E-state index contributed by atoms with van der Waals surface area (Å²) in [5, 5.41) is 18.0. The van der Waals surface area contributed by atoms with Crippen molar-refractivity contribution in [2.24, 2.45) is 0 Å². The molecule has 0 unspecified atom stereocenters. The summed E-state index contributed by atoms with van der Waals surface area (Å²) in [6.07, 6.45) is 0. The Bertz CT molecular complexity index is 1460. The Balaban J connectivity index is 1.65. The number of halogens is 2. The molecule has 34 heavy (non-hydrogen) atoms. The average molecular weight is 460 g/mol. The zero-order chi connectivity index (χ0) is 23.5. The van der Waals surface area contributed by atoms with E-state index in [2.05, 4.69) is 26.1 Å². The van der Waals surface area contributed by atoms with Gasteiger partial charge in [0.2, 0.25) is 0 Å². The van der Waals surface area contributed by atoms with E-state index in [1.807, 2.05) is 31.3 Å². The molecule has 0 saturated heterocycles. The standard InChI is InChI=1S/C25H23F2N7/c1-28-11-12-29-16-9-10-21-19(13-16)24(31-23(30-21)17-6-3-2-5-15(17)14-26)32-25-18-7-4-8-20(27)22(18)33-34-25/h2-10,13,28-29H,11-12,14H2,1H3,(H2,30,31,32,33,34). The Morgan fingerprint density at radius 3 is 2.65 bits per heavy atom. The SMILES string of the molecule is CNCCNc1ccc2nc(-c3ccccc3CF)nc(Nc3n[nH]c4c(F)cccc34)c2c1. The second kappa shape index (κ2) is 9.40. The lowest BCUT2D eigenvalue weighted by molar-refractivity contribution is 0.486. The number of nitrogens with one attached hydrogen (secondary N) is 4. The van der Waals surface area contributed by atoms with Gasteiger partial charge in [0.25, 0.3) is 0 Å². The molecule has 2 heterocycles. The van der Waals surface area contributed by atoms with Gasteiger partial charge in [-0.3, -0.25) is 5.10 Å². The highest BCUT2D eigenvalue weighted by atomic mass is 19.1. The minimum absolute atomic E-state index is 0.306. The van der Waals surface area contributed by atoms with Crippen molar-refractivity contribution in [2.45, 2.75) is 6.67 Å². The van der Waals surface area contributed by atoms with Crippen molar-refractivity contribution in [3.05, 3.63) is 72.0 Å². The maximum atomic E-state index is 14.2. The van der Waals surface area contributed by atoms with Gasteiger partial charge >= 0.3 is 0 Å². The molecule has 172 valence electrons. The molecule has 0 bridgehead atoms. The number of rotatable bonds is 8. The van der Waals surface area contributed by atoms with Crippen LogP contribution in [-0.2, 0) is 6.67 Å². The highest BCUT2D eigenvalue weighted by Gasteiger charge is 2.16. The summed E-state index contributed by atoms with van der Waals surface area (Å²) < 4.78 is 27.9. The van der Waals surface area contributed by atoms with Gasteiger partial charge in [-0.05, 0) is 42.9 Å². The molecule has 5 aromatic rings. The molecule has 9 heteroatoms. The molecule has 0 aliphatic rings. The molecule has 7 nitrogen and oxygen atoms in total. The predicted molar refractivity (Wildman–Crippen MR) is 132 cm³/mol. The van der Waals surface area contributed by atoms with Crippen molar-refractivity contribution in [3.8, 4) is 11.4 Å². The van der Waals surface area contributed by atoms with Gasteiger partial charge in [0.05, 0.1) is 5.52 Å². The number of hydrogen-bond acceptors (Lipinski definition) is 6. The summed E-state index contributed by atoms with van der Waals surface area (Å²) in [6.45, 7) is 0.929. The predicted octanol–water partition coefficient (Wildman–Crippen LogP) is 5.16. The fraction of sp³-hybridized carbons (Fsp3) is 0.160. The maximum Gasteiger partial charge on any atom is 0.162 e. The number of aromatic nitrogens is 4. The van der Waals surface area contributed by atoms with Crippen LogP contribution in [-0.4, -0.2) is 40.3 Å². The third-order valence-electron chi connectivity index (χ3n) is 5.59. The Kier molecular flexibility index (Phi) is 6.01. The van der Waals surface area contributed by atoms with Gasteiger partial charge in [-0.2, -0.15) is 5.10 Å². The van der Waals surface area contributed by atoms with E-state index in [0.29, 0.717) is 45.0 Å². The van der Waals surface area contributed by atoms with Crippen LogP contribution in [0.25, 0.3) is 33.2 Å². The topological polar surface area (TPSA) is 90.6 Å². The minimum atomic E-state index is -0.627. The second-order valence-electron chi connectivity index (χ2n) is 7.81. The van der Waals surface area contributed by atoms with Crippen molar-refractivity contribution < 1.29 is 8.78 Å². The van der Waals surface area contributed by atoms with Gasteiger partial charge in [-0.1, -0.05) is 30.3 Å². The number of nitrogens with zero attached hydrogens (tertiary/aromatic N) is 3.